The number of nitrogens with one attached hydrogen (secondary N) is 2. The van der Waals surface area contributed by atoms with Crippen molar-refractivity contribution in [2.75, 3.05) is 13.7 Å². The molecule has 1 rings (SSSR count). The van der Waals surface area contributed by atoms with Gasteiger partial charge in [0.05, 0.1) is 4.90 Å². The Kier molecular flexibility index (Phi) is 4.62. The molecule has 1 amide bonds. The molecule has 0 saturated carbocycles. The van der Waals surface area contributed by atoms with Gasteiger partial charge in [-0.1, -0.05) is 22.6 Å². The molecule has 0 fully saturated rings. The number of amides is 1. The zero-order valence-corrected chi connectivity index (χ0v) is 10.4. The van der Waals surface area contributed by atoms with Crippen LogP contribution in [0.15, 0.2) is 29.2 Å². The monoisotopic (exact) mass is 258 g/mol. The molecular formula is C10H14N2O4S. The fourth-order valence-electron chi connectivity index (χ4n) is 1.01. The Balaban J connectivity index is 2.63. The average Bonchev–Trinajstić information content (AvgIpc) is 2.29. The molecule has 0 aliphatic heterocycles. The summed E-state index contributed by atoms with van der Waals surface area (Å²) in [5, 5.41) is 2.30. The zero-order valence-electron chi connectivity index (χ0n) is 9.56. The molecule has 1 aromatic rings. The van der Waals surface area contributed by atoms with E-state index in [-0.39, 0.29) is 11.5 Å². The van der Waals surface area contributed by atoms with E-state index in [1.807, 2.05) is 11.8 Å². The summed E-state index contributed by atoms with van der Waals surface area (Å²) in [6, 6.07) is 6.27. The standard InChI is InChI=1S/C10H14N2O4S/c1-8-3-5-9(6-4-8)17(14,15)12-16-7-10(13)11-2/h3-6,12H,7H2,1-2H3,(H,11,13). The molecule has 94 valence electrons. The van der Waals surface area contributed by atoms with Crippen molar-refractivity contribution in [3.8, 4) is 0 Å². The first-order valence-corrected chi connectivity index (χ1v) is 6.35. The molecule has 6 nitrogen and oxygen atoms in total. The highest BCUT2D eigenvalue weighted by molar-refractivity contribution is 7.89. The molecule has 0 aromatic heterocycles. The van der Waals surface area contributed by atoms with Crippen LogP contribution in [0, 0.1) is 6.92 Å². The smallest absolute Gasteiger partial charge is 0.262 e. The van der Waals surface area contributed by atoms with Crippen molar-refractivity contribution in [2.45, 2.75) is 11.8 Å². The quantitative estimate of drug-likeness (QED) is 0.725. The van der Waals surface area contributed by atoms with Crippen molar-refractivity contribution in [1.29, 1.82) is 0 Å². The minimum absolute atomic E-state index is 0.0833. The van der Waals surface area contributed by atoms with Crippen molar-refractivity contribution >= 4 is 15.9 Å². The molecule has 1 aromatic carbocycles. The predicted molar refractivity (Wildman–Crippen MR) is 61.5 cm³/mol. The van der Waals surface area contributed by atoms with E-state index in [2.05, 4.69) is 10.2 Å². The van der Waals surface area contributed by atoms with Gasteiger partial charge in [-0.2, -0.15) is 0 Å². The van der Waals surface area contributed by atoms with Gasteiger partial charge in [-0.15, -0.1) is 0 Å². The van der Waals surface area contributed by atoms with E-state index >= 15 is 0 Å². The van der Waals surface area contributed by atoms with Crippen LogP contribution >= 0.6 is 0 Å². The minimum atomic E-state index is -3.73. The Morgan fingerprint density at radius 1 is 1.29 bits per heavy atom. The van der Waals surface area contributed by atoms with Gasteiger partial charge in [0.1, 0.15) is 6.61 Å². The van der Waals surface area contributed by atoms with Crippen LogP contribution < -0.4 is 10.2 Å². The van der Waals surface area contributed by atoms with Gasteiger partial charge in [0.25, 0.3) is 10.0 Å². The Hall–Kier alpha value is -1.44. The van der Waals surface area contributed by atoms with Crippen LogP contribution in [0.4, 0.5) is 0 Å². The second kappa shape index (κ2) is 5.76. The minimum Gasteiger partial charge on any atom is -0.357 e. The lowest BCUT2D eigenvalue weighted by atomic mass is 10.2. The van der Waals surface area contributed by atoms with E-state index in [4.69, 9.17) is 0 Å². The highest BCUT2D eigenvalue weighted by Gasteiger charge is 2.14. The highest BCUT2D eigenvalue weighted by Crippen LogP contribution is 2.09. The third-order valence-electron chi connectivity index (χ3n) is 1.98. The van der Waals surface area contributed by atoms with Crippen LogP contribution in [0.25, 0.3) is 0 Å². The molecule has 0 radical (unpaired) electrons. The lowest BCUT2D eigenvalue weighted by Crippen LogP contribution is -2.31. The summed E-state index contributed by atoms with van der Waals surface area (Å²) in [4.78, 5) is 17.3. The van der Waals surface area contributed by atoms with Crippen LogP contribution in [0.3, 0.4) is 0 Å². The molecule has 0 aliphatic carbocycles. The van der Waals surface area contributed by atoms with E-state index in [0.29, 0.717) is 0 Å². The second-order valence-electron chi connectivity index (χ2n) is 3.36. The predicted octanol–water partition coefficient (Wildman–Crippen LogP) is -0.0491. The number of hydrogen-bond donors (Lipinski definition) is 2. The van der Waals surface area contributed by atoms with Crippen molar-refractivity contribution in [3.63, 3.8) is 0 Å². The molecule has 0 bridgehead atoms. The highest BCUT2D eigenvalue weighted by atomic mass is 32.2. The molecule has 17 heavy (non-hydrogen) atoms. The van der Waals surface area contributed by atoms with Gasteiger partial charge in [0, 0.05) is 7.05 Å². The van der Waals surface area contributed by atoms with Gasteiger partial charge in [-0.05, 0) is 19.1 Å². The first-order valence-electron chi connectivity index (χ1n) is 4.86. The molecule has 0 aliphatic rings. The van der Waals surface area contributed by atoms with E-state index in [1.54, 1.807) is 12.1 Å². The van der Waals surface area contributed by atoms with Gasteiger partial charge in [0.2, 0.25) is 5.91 Å². The number of carbonyl (C=O) groups is 1. The van der Waals surface area contributed by atoms with Gasteiger partial charge in [-0.3, -0.25) is 9.63 Å². The molecule has 0 heterocycles. The van der Waals surface area contributed by atoms with Crippen LogP contribution in [0.5, 0.6) is 0 Å². The van der Waals surface area contributed by atoms with Gasteiger partial charge >= 0.3 is 0 Å². The van der Waals surface area contributed by atoms with Crippen molar-refractivity contribution in [3.05, 3.63) is 29.8 Å². The molecule has 7 heteroatoms. The van der Waals surface area contributed by atoms with Crippen LogP contribution in [-0.4, -0.2) is 28.0 Å². The van der Waals surface area contributed by atoms with E-state index < -0.39 is 15.9 Å². The molecule has 0 unspecified atom stereocenters. The van der Waals surface area contributed by atoms with Crippen molar-refractivity contribution < 1.29 is 18.0 Å². The number of aryl methyl sites for hydroxylation is 1. The summed E-state index contributed by atoms with van der Waals surface area (Å²) < 4.78 is 23.3. The fourth-order valence-corrected chi connectivity index (χ4v) is 1.81. The number of benzene rings is 1. The number of rotatable bonds is 5. The molecule has 0 saturated heterocycles. The van der Waals surface area contributed by atoms with Gasteiger partial charge in [-0.25, -0.2) is 8.42 Å². The molecular weight excluding hydrogens is 244 g/mol. The molecule has 0 atom stereocenters. The van der Waals surface area contributed by atoms with Crippen molar-refractivity contribution in [2.24, 2.45) is 0 Å². The normalized spacial score (nSPS) is 11.2. The number of hydrogen-bond acceptors (Lipinski definition) is 4. The first-order chi connectivity index (χ1) is 7.95. The maximum atomic E-state index is 11.6. The SMILES string of the molecule is CNC(=O)CONS(=O)(=O)c1ccc(C)cc1. The van der Waals surface area contributed by atoms with Crippen LogP contribution in [0.1, 0.15) is 5.56 Å². The number of likely N-dealkylation sites (N-methyl/N-ethyl adjacent to an activating group) is 1. The zero-order chi connectivity index (χ0) is 12.9. The Labute approximate surface area is 100.0 Å². The fraction of sp³-hybridized carbons (Fsp3) is 0.300. The van der Waals surface area contributed by atoms with Gasteiger partial charge < -0.3 is 5.32 Å². The van der Waals surface area contributed by atoms with E-state index in [0.717, 1.165) is 5.56 Å². The van der Waals surface area contributed by atoms with Gasteiger partial charge in [0.15, 0.2) is 0 Å². The molecule has 2 N–H and O–H groups in total. The first kappa shape index (κ1) is 13.6. The molecule has 0 spiro atoms. The maximum Gasteiger partial charge on any atom is 0.262 e. The van der Waals surface area contributed by atoms with E-state index in [1.165, 1.54) is 19.2 Å². The summed E-state index contributed by atoms with van der Waals surface area (Å²) in [7, 11) is -2.30. The lowest BCUT2D eigenvalue weighted by molar-refractivity contribution is -0.126. The maximum absolute atomic E-state index is 11.6. The Morgan fingerprint density at radius 3 is 2.41 bits per heavy atom. The Bertz CT molecular complexity index is 482. The number of sulfonamides is 1. The summed E-state index contributed by atoms with van der Waals surface area (Å²) in [5.41, 5.74) is 0.954. The topological polar surface area (TPSA) is 84.5 Å². The second-order valence-corrected chi connectivity index (χ2v) is 5.01. The van der Waals surface area contributed by atoms with Crippen molar-refractivity contribution in [1.82, 2.24) is 10.2 Å². The largest absolute Gasteiger partial charge is 0.357 e. The average molecular weight is 258 g/mol. The summed E-state index contributed by atoms with van der Waals surface area (Å²) in [6.07, 6.45) is 0. The lowest BCUT2D eigenvalue weighted by Gasteiger charge is -2.06. The third-order valence-corrected chi connectivity index (χ3v) is 3.21. The van der Waals surface area contributed by atoms with Crippen LogP contribution in [0.2, 0.25) is 0 Å². The summed E-state index contributed by atoms with van der Waals surface area (Å²) in [5.74, 6) is -0.420. The van der Waals surface area contributed by atoms with Crippen LogP contribution in [-0.2, 0) is 19.7 Å². The third kappa shape index (κ3) is 4.14. The summed E-state index contributed by atoms with van der Waals surface area (Å²) in [6.45, 7) is 1.48. The Morgan fingerprint density at radius 2 is 1.88 bits per heavy atom. The summed E-state index contributed by atoms with van der Waals surface area (Å²) >= 11 is 0. The van der Waals surface area contributed by atoms with E-state index in [9.17, 15) is 13.2 Å². The number of carbonyl (C=O) groups excluding carboxylic acids is 1.